The normalized spacial score (nSPS) is 20.4. The molecule has 0 radical (unpaired) electrons. The smallest absolute Gasteiger partial charge is 0.462 e. The van der Waals surface area contributed by atoms with Crippen LogP contribution in [0.1, 0.15) is 27.2 Å². The van der Waals surface area contributed by atoms with Crippen LogP contribution in [0.2, 0.25) is 0 Å². The predicted molar refractivity (Wildman–Crippen MR) is 70.8 cm³/mol. The van der Waals surface area contributed by atoms with E-state index in [2.05, 4.69) is 19.9 Å². The minimum atomic E-state index is -1.83. The fourth-order valence-corrected chi connectivity index (χ4v) is 1.92. The zero-order chi connectivity index (χ0) is 14.3. The Kier molecular flexibility index (Phi) is 6.83. The first-order valence-electron chi connectivity index (χ1n) is 5.59. The molecule has 0 spiro atoms. The second-order valence-electron chi connectivity index (χ2n) is 4.54. The Labute approximate surface area is 111 Å². The van der Waals surface area contributed by atoms with Gasteiger partial charge >= 0.3 is 12.1 Å². The molecule has 0 bridgehead atoms. The van der Waals surface area contributed by atoms with Crippen LogP contribution in [0.4, 0.5) is 4.79 Å². The minimum Gasteiger partial charge on any atom is -0.462 e. The second-order valence-corrected chi connectivity index (χ2v) is 5.39. The lowest BCUT2D eigenvalue weighted by Crippen LogP contribution is -2.05. The second kappa shape index (κ2) is 7.31. The van der Waals surface area contributed by atoms with Crippen molar-refractivity contribution < 1.29 is 24.5 Å². The van der Waals surface area contributed by atoms with Crippen LogP contribution in [-0.2, 0) is 9.53 Å². The van der Waals surface area contributed by atoms with E-state index in [9.17, 15) is 4.79 Å². The number of esters is 1. The molecule has 1 rings (SSSR count). The molecule has 1 fully saturated rings. The van der Waals surface area contributed by atoms with Gasteiger partial charge in [0.25, 0.3) is 0 Å². The SMILES string of the molecule is CCOC(=O)/C(=C\C1CC1(C)C)SC.O=C(O)O. The van der Waals surface area contributed by atoms with Crippen molar-refractivity contribution in [2.24, 2.45) is 11.3 Å². The van der Waals surface area contributed by atoms with E-state index < -0.39 is 6.16 Å². The largest absolute Gasteiger partial charge is 0.503 e. The van der Waals surface area contributed by atoms with Crippen LogP contribution in [-0.4, -0.2) is 35.2 Å². The van der Waals surface area contributed by atoms with Crippen molar-refractivity contribution in [3.05, 3.63) is 11.0 Å². The third-order valence-electron chi connectivity index (χ3n) is 2.64. The van der Waals surface area contributed by atoms with Gasteiger partial charge in [-0.25, -0.2) is 9.59 Å². The number of carboxylic acid groups (broad SMARTS) is 2. The number of carbonyl (C=O) groups is 2. The van der Waals surface area contributed by atoms with Crippen molar-refractivity contribution in [3.8, 4) is 0 Å². The number of rotatable bonds is 4. The standard InChI is InChI=1S/C11H18O2S.CH2O3/c1-5-13-10(12)9(14-4)6-8-7-11(8,2)3;2-1(3)4/h6,8H,5,7H2,1-4H3;(H2,2,3,4)/b9-6+;. The number of hydrogen-bond acceptors (Lipinski definition) is 4. The maximum absolute atomic E-state index is 11.4. The van der Waals surface area contributed by atoms with E-state index in [1.165, 1.54) is 18.2 Å². The lowest BCUT2D eigenvalue weighted by molar-refractivity contribution is -0.137. The fourth-order valence-electron chi connectivity index (χ4n) is 1.40. The molecular weight excluding hydrogens is 256 g/mol. The van der Waals surface area contributed by atoms with Crippen molar-refractivity contribution in [1.29, 1.82) is 0 Å². The number of hydrogen-bond donors (Lipinski definition) is 2. The first-order valence-corrected chi connectivity index (χ1v) is 6.81. The highest BCUT2D eigenvalue weighted by molar-refractivity contribution is 8.03. The van der Waals surface area contributed by atoms with Gasteiger partial charge in [-0.1, -0.05) is 19.9 Å². The Morgan fingerprint density at radius 2 is 1.89 bits per heavy atom. The van der Waals surface area contributed by atoms with Crippen molar-refractivity contribution in [1.82, 2.24) is 0 Å². The van der Waals surface area contributed by atoms with Crippen molar-refractivity contribution in [3.63, 3.8) is 0 Å². The van der Waals surface area contributed by atoms with E-state index in [1.807, 2.05) is 13.2 Å². The Balaban J connectivity index is 0.000000631. The van der Waals surface area contributed by atoms with E-state index >= 15 is 0 Å². The highest BCUT2D eigenvalue weighted by Crippen LogP contribution is 2.53. The van der Waals surface area contributed by atoms with Crippen LogP contribution in [0.5, 0.6) is 0 Å². The van der Waals surface area contributed by atoms with E-state index in [0.717, 1.165) is 4.91 Å². The number of allylic oxidation sites excluding steroid dienone is 1. The van der Waals surface area contributed by atoms with Crippen LogP contribution in [0.25, 0.3) is 0 Å². The zero-order valence-electron chi connectivity index (χ0n) is 11.1. The maximum atomic E-state index is 11.4. The van der Waals surface area contributed by atoms with Crippen molar-refractivity contribution in [2.45, 2.75) is 27.2 Å². The molecule has 0 aromatic heterocycles. The molecule has 1 atom stereocenters. The Hall–Kier alpha value is -1.17. The summed E-state index contributed by atoms with van der Waals surface area (Å²) in [6, 6.07) is 0. The molecule has 0 saturated heterocycles. The topological polar surface area (TPSA) is 83.8 Å². The summed E-state index contributed by atoms with van der Waals surface area (Å²) in [5.74, 6) is 0.372. The number of carbonyl (C=O) groups excluding carboxylic acids is 1. The highest BCUT2D eigenvalue weighted by atomic mass is 32.2. The molecule has 1 aliphatic carbocycles. The van der Waals surface area contributed by atoms with Gasteiger partial charge in [-0.05, 0) is 30.9 Å². The summed E-state index contributed by atoms with van der Waals surface area (Å²) >= 11 is 1.47. The van der Waals surface area contributed by atoms with Gasteiger partial charge in [0.1, 0.15) is 0 Å². The van der Waals surface area contributed by atoms with Crippen LogP contribution in [0, 0.1) is 11.3 Å². The molecule has 0 aromatic carbocycles. The zero-order valence-corrected chi connectivity index (χ0v) is 11.9. The van der Waals surface area contributed by atoms with Gasteiger partial charge in [-0.3, -0.25) is 0 Å². The lowest BCUT2D eigenvalue weighted by atomic mass is 10.1. The Morgan fingerprint density at radius 1 is 1.44 bits per heavy atom. The average Bonchev–Trinajstić information content (AvgIpc) is 2.82. The lowest BCUT2D eigenvalue weighted by Gasteiger charge is -2.04. The molecule has 1 saturated carbocycles. The fraction of sp³-hybridized carbons (Fsp3) is 0.667. The number of thioether (sulfide) groups is 1. The average molecular weight is 276 g/mol. The van der Waals surface area contributed by atoms with E-state index in [0.29, 0.717) is 17.9 Å². The van der Waals surface area contributed by atoms with Crippen LogP contribution < -0.4 is 0 Å². The minimum absolute atomic E-state index is 0.178. The summed E-state index contributed by atoms with van der Waals surface area (Å²) in [5, 5.41) is 13.9. The first-order chi connectivity index (χ1) is 8.24. The molecule has 0 amide bonds. The van der Waals surface area contributed by atoms with Gasteiger partial charge in [0.2, 0.25) is 0 Å². The molecule has 104 valence electrons. The van der Waals surface area contributed by atoms with Crippen LogP contribution >= 0.6 is 11.8 Å². The highest BCUT2D eigenvalue weighted by Gasteiger charge is 2.44. The summed E-state index contributed by atoms with van der Waals surface area (Å²) in [5.41, 5.74) is 0.382. The van der Waals surface area contributed by atoms with E-state index in [4.69, 9.17) is 19.7 Å². The summed E-state index contributed by atoms with van der Waals surface area (Å²) in [6.07, 6.45) is 3.32. The van der Waals surface area contributed by atoms with Gasteiger partial charge in [0, 0.05) is 0 Å². The quantitative estimate of drug-likeness (QED) is 0.606. The number of ether oxygens (including phenoxy) is 1. The molecule has 2 N–H and O–H groups in total. The Bertz CT molecular complexity index is 331. The Morgan fingerprint density at radius 3 is 2.17 bits per heavy atom. The molecule has 0 heterocycles. The van der Waals surface area contributed by atoms with Gasteiger partial charge in [0.05, 0.1) is 11.5 Å². The molecule has 0 aliphatic heterocycles. The van der Waals surface area contributed by atoms with Crippen LogP contribution in [0.15, 0.2) is 11.0 Å². The van der Waals surface area contributed by atoms with Gasteiger partial charge in [0.15, 0.2) is 0 Å². The molecule has 5 nitrogen and oxygen atoms in total. The molecule has 0 aromatic rings. The summed E-state index contributed by atoms with van der Waals surface area (Å²) < 4.78 is 4.96. The predicted octanol–water partition coefficient (Wildman–Crippen LogP) is 3.06. The molecule has 18 heavy (non-hydrogen) atoms. The van der Waals surface area contributed by atoms with Gasteiger partial charge in [-0.2, -0.15) is 0 Å². The third-order valence-corrected chi connectivity index (χ3v) is 3.38. The molecule has 1 unspecified atom stereocenters. The summed E-state index contributed by atoms with van der Waals surface area (Å²) in [6.45, 7) is 6.72. The maximum Gasteiger partial charge on any atom is 0.503 e. The molecule has 1 aliphatic rings. The van der Waals surface area contributed by atoms with E-state index in [1.54, 1.807) is 0 Å². The van der Waals surface area contributed by atoms with E-state index in [-0.39, 0.29) is 5.97 Å². The summed E-state index contributed by atoms with van der Waals surface area (Å²) in [7, 11) is 0. The third kappa shape index (κ3) is 6.54. The van der Waals surface area contributed by atoms with Gasteiger partial charge in [-0.15, -0.1) is 11.8 Å². The molecular formula is C12H20O5S. The first kappa shape index (κ1) is 16.8. The van der Waals surface area contributed by atoms with Crippen molar-refractivity contribution >= 4 is 23.9 Å². The van der Waals surface area contributed by atoms with Crippen LogP contribution in [0.3, 0.4) is 0 Å². The van der Waals surface area contributed by atoms with Crippen molar-refractivity contribution in [2.75, 3.05) is 12.9 Å². The molecule has 6 heteroatoms. The summed E-state index contributed by atoms with van der Waals surface area (Å²) in [4.78, 5) is 20.7. The van der Waals surface area contributed by atoms with Gasteiger partial charge < -0.3 is 14.9 Å². The monoisotopic (exact) mass is 276 g/mol.